The predicted molar refractivity (Wildman–Crippen MR) is 90.5 cm³/mol. The molecule has 1 fully saturated rings. The van der Waals surface area contributed by atoms with Gasteiger partial charge in [0.25, 0.3) is 0 Å². The van der Waals surface area contributed by atoms with E-state index in [1.807, 2.05) is 14.2 Å². The van der Waals surface area contributed by atoms with Gasteiger partial charge in [0.2, 0.25) is 0 Å². The molecule has 0 aliphatic heterocycles. The molecule has 1 aliphatic rings. The molecule has 2 heteroatoms. The van der Waals surface area contributed by atoms with Crippen LogP contribution in [0.15, 0.2) is 0 Å². The average molecular weight is 299 g/mol. The monoisotopic (exact) mass is 298 g/mol. The minimum absolute atomic E-state index is 0.343. The van der Waals surface area contributed by atoms with Gasteiger partial charge in [-0.25, -0.2) is 0 Å². The first-order valence-electron chi connectivity index (χ1n) is 9.31. The van der Waals surface area contributed by atoms with E-state index in [1.54, 1.807) is 0 Å². The summed E-state index contributed by atoms with van der Waals surface area (Å²) in [5.41, 5.74) is 0. The SMILES string of the molecule is CCCCCCCCC(C)C(OC)(OC)C1CCCCC1. The first-order valence-corrected chi connectivity index (χ1v) is 9.31. The van der Waals surface area contributed by atoms with Crippen molar-refractivity contribution in [2.45, 2.75) is 96.7 Å². The van der Waals surface area contributed by atoms with E-state index in [-0.39, 0.29) is 5.79 Å². The molecule has 1 aliphatic carbocycles. The molecule has 0 amide bonds. The Kier molecular flexibility index (Phi) is 9.59. The Hall–Kier alpha value is -0.0800. The van der Waals surface area contributed by atoms with E-state index in [2.05, 4.69) is 13.8 Å². The lowest BCUT2D eigenvalue weighted by atomic mass is 9.76. The quantitative estimate of drug-likeness (QED) is 0.347. The maximum absolute atomic E-state index is 5.96. The van der Waals surface area contributed by atoms with Gasteiger partial charge in [-0.1, -0.05) is 71.6 Å². The summed E-state index contributed by atoms with van der Waals surface area (Å²) >= 11 is 0. The number of methoxy groups -OCH3 is 2. The van der Waals surface area contributed by atoms with Crippen LogP contribution in [0, 0.1) is 11.8 Å². The molecule has 1 saturated carbocycles. The van der Waals surface area contributed by atoms with Crippen LogP contribution in [0.4, 0.5) is 0 Å². The van der Waals surface area contributed by atoms with Crippen molar-refractivity contribution in [3.05, 3.63) is 0 Å². The zero-order valence-corrected chi connectivity index (χ0v) is 15.0. The Balaban J connectivity index is 2.42. The van der Waals surface area contributed by atoms with Gasteiger partial charge in [-0.2, -0.15) is 0 Å². The van der Waals surface area contributed by atoms with E-state index in [0.29, 0.717) is 11.8 Å². The number of hydrogen-bond donors (Lipinski definition) is 0. The van der Waals surface area contributed by atoms with Crippen LogP contribution in [0.25, 0.3) is 0 Å². The Labute approximate surface area is 133 Å². The number of rotatable bonds is 11. The summed E-state index contributed by atoms with van der Waals surface area (Å²) in [4.78, 5) is 0. The van der Waals surface area contributed by atoms with Crippen molar-refractivity contribution in [1.29, 1.82) is 0 Å². The normalized spacial score (nSPS) is 18.9. The van der Waals surface area contributed by atoms with E-state index in [9.17, 15) is 0 Å². The highest BCUT2D eigenvalue weighted by Crippen LogP contribution is 2.41. The van der Waals surface area contributed by atoms with Gasteiger partial charge in [0.05, 0.1) is 0 Å². The third kappa shape index (κ3) is 5.56. The molecular formula is C19H38O2. The summed E-state index contributed by atoms with van der Waals surface area (Å²) in [6.07, 6.45) is 16.0. The highest BCUT2D eigenvalue weighted by molar-refractivity contribution is 4.86. The summed E-state index contributed by atoms with van der Waals surface area (Å²) in [6, 6.07) is 0. The van der Waals surface area contributed by atoms with Crippen molar-refractivity contribution < 1.29 is 9.47 Å². The standard InChI is InChI=1S/C19H38O2/c1-5-6-7-8-9-11-14-17(2)19(20-3,21-4)18-15-12-10-13-16-18/h17-18H,5-16H2,1-4H3. The molecule has 1 unspecified atom stereocenters. The van der Waals surface area contributed by atoms with E-state index in [1.165, 1.54) is 77.0 Å². The molecule has 0 spiro atoms. The van der Waals surface area contributed by atoms with Gasteiger partial charge in [-0.05, 0) is 19.3 Å². The van der Waals surface area contributed by atoms with Crippen LogP contribution in [-0.2, 0) is 9.47 Å². The maximum Gasteiger partial charge on any atom is 0.172 e. The second kappa shape index (κ2) is 10.6. The average Bonchev–Trinajstić information content (AvgIpc) is 2.53. The first kappa shape index (κ1) is 19.0. The van der Waals surface area contributed by atoms with Gasteiger partial charge in [0, 0.05) is 26.1 Å². The highest BCUT2D eigenvalue weighted by atomic mass is 16.7. The third-order valence-corrected chi connectivity index (χ3v) is 5.49. The van der Waals surface area contributed by atoms with Gasteiger partial charge in [-0.3, -0.25) is 0 Å². The zero-order chi connectivity index (χ0) is 15.6. The van der Waals surface area contributed by atoms with Crippen LogP contribution in [-0.4, -0.2) is 20.0 Å². The highest BCUT2D eigenvalue weighted by Gasteiger charge is 2.44. The Morgan fingerprint density at radius 3 is 2.05 bits per heavy atom. The summed E-state index contributed by atoms with van der Waals surface area (Å²) in [7, 11) is 3.69. The fraction of sp³-hybridized carbons (Fsp3) is 1.00. The van der Waals surface area contributed by atoms with Crippen LogP contribution in [0.2, 0.25) is 0 Å². The van der Waals surface area contributed by atoms with E-state index in [0.717, 1.165) is 0 Å². The van der Waals surface area contributed by atoms with Gasteiger partial charge in [0.15, 0.2) is 5.79 Å². The minimum Gasteiger partial charge on any atom is -0.353 e. The van der Waals surface area contributed by atoms with Crippen LogP contribution >= 0.6 is 0 Å². The van der Waals surface area contributed by atoms with Gasteiger partial charge < -0.3 is 9.47 Å². The molecular weight excluding hydrogens is 260 g/mol. The smallest absolute Gasteiger partial charge is 0.172 e. The molecule has 21 heavy (non-hydrogen) atoms. The Morgan fingerprint density at radius 1 is 0.905 bits per heavy atom. The summed E-state index contributed by atoms with van der Waals surface area (Å²) in [5.74, 6) is 0.724. The molecule has 0 aromatic heterocycles. The van der Waals surface area contributed by atoms with Crippen LogP contribution in [0.3, 0.4) is 0 Å². The number of ether oxygens (including phenoxy) is 2. The molecule has 0 saturated heterocycles. The predicted octanol–water partition coefficient (Wildman–Crippen LogP) is 5.94. The molecule has 0 N–H and O–H groups in total. The van der Waals surface area contributed by atoms with Crippen molar-refractivity contribution in [2.75, 3.05) is 14.2 Å². The van der Waals surface area contributed by atoms with Gasteiger partial charge in [0.1, 0.15) is 0 Å². The summed E-state index contributed by atoms with van der Waals surface area (Å²) in [5, 5.41) is 0. The zero-order valence-electron chi connectivity index (χ0n) is 15.0. The molecule has 1 atom stereocenters. The number of unbranched alkanes of at least 4 members (excludes halogenated alkanes) is 5. The first-order chi connectivity index (χ1) is 10.2. The lowest BCUT2D eigenvalue weighted by molar-refractivity contribution is -0.274. The van der Waals surface area contributed by atoms with Crippen molar-refractivity contribution in [3.8, 4) is 0 Å². The summed E-state index contributed by atoms with van der Waals surface area (Å²) < 4.78 is 11.9. The molecule has 2 nitrogen and oxygen atoms in total. The largest absolute Gasteiger partial charge is 0.353 e. The molecule has 1 rings (SSSR count). The Bertz CT molecular complexity index is 242. The van der Waals surface area contributed by atoms with Gasteiger partial charge in [-0.15, -0.1) is 0 Å². The lowest BCUT2D eigenvalue weighted by Gasteiger charge is -2.44. The second-order valence-corrected chi connectivity index (χ2v) is 6.92. The van der Waals surface area contributed by atoms with E-state index in [4.69, 9.17) is 9.47 Å². The minimum atomic E-state index is -0.343. The lowest BCUT2D eigenvalue weighted by Crippen LogP contribution is -2.48. The van der Waals surface area contributed by atoms with E-state index >= 15 is 0 Å². The van der Waals surface area contributed by atoms with Crippen molar-refractivity contribution >= 4 is 0 Å². The van der Waals surface area contributed by atoms with Gasteiger partial charge >= 0.3 is 0 Å². The van der Waals surface area contributed by atoms with Crippen LogP contribution < -0.4 is 0 Å². The van der Waals surface area contributed by atoms with Crippen molar-refractivity contribution in [3.63, 3.8) is 0 Å². The molecule has 126 valence electrons. The fourth-order valence-electron chi connectivity index (χ4n) is 4.16. The topological polar surface area (TPSA) is 18.5 Å². The third-order valence-electron chi connectivity index (χ3n) is 5.49. The Morgan fingerprint density at radius 2 is 1.48 bits per heavy atom. The molecule has 0 heterocycles. The summed E-state index contributed by atoms with van der Waals surface area (Å²) in [6.45, 7) is 4.60. The fourth-order valence-corrected chi connectivity index (χ4v) is 4.16. The molecule has 0 aromatic carbocycles. The molecule has 0 radical (unpaired) electrons. The number of hydrogen-bond acceptors (Lipinski definition) is 2. The van der Waals surface area contributed by atoms with Crippen LogP contribution in [0.1, 0.15) is 90.9 Å². The molecule has 0 aromatic rings. The van der Waals surface area contributed by atoms with Crippen molar-refractivity contribution in [2.24, 2.45) is 11.8 Å². The maximum atomic E-state index is 5.96. The van der Waals surface area contributed by atoms with Crippen LogP contribution in [0.5, 0.6) is 0 Å². The second-order valence-electron chi connectivity index (χ2n) is 6.92. The molecule has 0 bridgehead atoms. The van der Waals surface area contributed by atoms with E-state index < -0.39 is 0 Å². The van der Waals surface area contributed by atoms with Crippen molar-refractivity contribution in [1.82, 2.24) is 0 Å².